The van der Waals surface area contributed by atoms with Crippen molar-refractivity contribution in [3.63, 3.8) is 0 Å². The molecule has 7 heteroatoms. The van der Waals surface area contributed by atoms with Gasteiger partial charge in [0, 0.05) is 31.6 Å². The minimum absolute atomic E-state index is 0.155. The number of benzene rings is 2. The highest BCUT2D eigenvalue weighted by atomic mass is 19.1. The largest absolute Gasteiger partial charge is 0.438 e. The number of ether oxygens (including phenoxy) is 1. The number of H-pyrrole nitrogens is 1. The summed E-state index contributed by atoms with van der Waals surface area (Å²) in [6.45, 7) is 5.62. The van der Waals surface area contributed by atoms with Crippen LogP contribution >= 0.6 is 0 Å². The molecule has 2 aromatic carbocycles. The molecule has 3 aromatic rings. The second-order valence-electron chi connectivity index (χ2n) is 9.54. The number of carbonyl (C=O) groups is 1. The first-order valence-electron chi connectivity index (χ1n) is 11.3. The minimum Gasteiger partial charge on any atom is -0.438 e. The van der Waals surface area contributed by atoms with Crippen LogP contribution < -0.4 is 5.56 Å². The van der Waals surface area contributed by atoms with Crippen molar-refractivity contribution in [1.82, 2.24) is 9.88 Å². The number of carbonyl (C=O) groups excluding carboxylic acids is 1. The van der Waals surface area contributed by atoms with E-state index in [4.69, 9.17) is 4.74 Å². The lowest BCUT2D eigenvalue weighted by molar-refractivity contribution is -0.101. The average Bonchev–Trinajstić information content (AvgIpc) is 2.78. The lowest BCUT2D eigenvalue weighted by Crippen LogP contribution is -2.51. The maximum absolute atomic E-state index is 14.0. The summed E-state index contributed by atoms with van der Waals surface area (Å²) in [4.78, 5) is 29.0. The van der Waals surface area contributed by atoms with Crippen molar-refractivity contribution in [3.05, 3.63) is 94.2 Å². The molecule has 1 fully saturated rings. The zero-order valence-corrected chi connectivity index (χ0v) is 19.5. The summed E-state index contributed by atoms with van der Waals surface area (Å²) >= 11 is 0. The Morgan fingerprint density at radius 1 is 1.12 bits per heavy atom. The molecule has 2 N–H and O–H groups in total. The van der Waals surface area contributed by atoms with E-state index in [1.165, 1.54) is 18.2 Å². The molecule has 1 aliphatic heterocycles. The van der Waals surface area contributed by atoms with Crippen LogP contribution in [0.2, 0.25) is 0 Å². The van der Waals surface area contributed by atoms with Crippen molar-refractivity contribution in [2.45, 2.75) is 50.9 Å². The third kappa shape index (κ3) is 5.04. The predicted octanol–water partition coefficient (Wildman–Crippen LogP) is 5.14. The first-order chi connectivity index (χ1) is 16.1. The first-order valence-corrected chi connectivity index (χ1v) is 11.3. The third-order valence-electron chi connectivity index (χ3n) is 6.31. The maximum atomic E-state index is 14.0. The van der Waals surface area contributed by atoms with E-state index >= 15 is 0 Å². The van der Waals surface area contributed by atoms with Crippen molar-refractivity contribution in [2.24, 2.45) is 0 Å². The monoisotopic (exact) mass is 464 g/mol. The van der Waals surface area contributed by atoms with Crippen LogP contribution in [-0.4, -0.2) is 33.2 Å². The van der Waals surface area contributed by atoms with Crippen LogP contribution in [0.4, 0.5) is 9.18 Å². The molecule has 1 saturated heterocycles. The van der Waals surface area contributed by atoms with Crippen molar-refractivity contribution < 1.29 is 19.0 Å². The number of hydrogen-bond acceptors (Lipinski definition) is 4. The van der Waals surface area contributed by atoms with E-state index in [9.17, 15) is 19.1 Å². The molecule has 2 atom stereocenters. The van der Waals surface area contributed by atoms with Gasteiger partial charge in [-0.3, -0.25) is 4.79 Å². The molecule has 178 valence electrons. The lowest BCUT2D eigenvalue weighted by atomic mass is 9.80. The summed E-state index contributed by atoms with van der Waals surface area (Å²) < 4.78 is 20.0. The van der Waals surface area contributed by atoms with Crippen LogP contribution in [-0.2, 0) is 10.3 Å². The van der Waals surface area contributed by atoms with Crippen LogP contribution in [0.15, 0.2) is 71.7 Å². The second-order valence-corrected chi connectivity index (χ2v) is 9.54. The summed E-state index contributed by atoms with van der Waals surface area (Å²) in [6.07, 6.45) is 1.67. The molecule has 0 saturated carbocycles. The Morgan fingerprint density at radius 3 is 2.47 bits per heavy atom. The Morgan fingerprint density at radius 2 is 1.85 bits per heavy atom. The highest BCUT2D eigenvalue weighted by molar-refractivity contribution is 5.70. The highest BCUT2D eigenvalue weighted by Crippen LogP contribution is 2.42. The van der Waals surface area contributed by atoms with Crippen LogP contribution in [0.5, 0.6) is 0 Å². The molecular weight excluding hydrogens is 435 g/mol. The molecule has 0 bridgehead atoms. The molecule has 2 heterocycles. The summed E-state index contributed by atoms with van der Waals surface area (Å²) in [5.41, 5.74) is 0.778. The van der Waals surface area contributed by atoms with Gasteiger partial charge in [-0.2, -0.15) is 0 Å². The molecule has 1 aromatic heterocycles. The van der Waals surface area contributed by atoms with Crippen LogP contribution in [0.25, 0.3) is 11.1 Å². The number of aromatic nitrogens is 1. The molecular formula is C27H29FN2O4. The number of nitrogens with zero attached hydrogens (tertiary/aromatic N) is 1. The number of cyclic esters (lactones) is 1. The Labute approximate surface area is 198 Å². The Balaban J connectivity index is 1.56. The van der Waals surface area contributed by atoms with Gasteiger partial charge in [-0.05, 0) is 61.2 Å². The Bertz CT molecular complexity index is 1230. The molecule has 34 heavy (non-hydrogen) atoms. The lowest BCUT2D eigenvalue weighted by Gasteiger charge is -2.45. The first kappa shape index (κ1) is 23.7. The van der Waals surface area contributed by atoms with Gasteiger partial charge in [-0.1, -0.05) is 36.4 Å². The fraction of sp³-hybridized carbons (Fsp3) is 0.333. The Kier molecular flexibility index (Phi) is 6.32. The molecule has 0 aliphatic carbocycles. The van der Waals surface area contributed by atoms with Gasteiger partial charge < -0.3 is 19.7 Å². The highest BCUT2D eigenvalue weighted by Gasteiger charge is 2.46. The zero-order chi connectivity index (χ0) is 24.5. The molecule has 0 radical (unpaired) electrons. The molecule has 1 amide bonds. The zero-order valence-electron chi connectivity index (χ0n) is 19.5. The van der Waals surface area contributed by atoms with E-state index in [2.05, 4.69) is 4.98 Å². The third-order valence-corrected chi connectivity index (χ3v) is 6.31. The van der Waals surface area contributed by atoms with Crippen molar-refractivity contribution in [2.75, 3.05) is 6.54 Å². The van der Waals surface area contributed by atoms with Gasteiger partial charge in [-0.15, -0.1) is 0 Å². The van der Waals surface area contributed by atoms with Crippen LogP contribution in [0.3, 0.4) is 0 Å². The van der Waals surface area contributed by atoms with Crippen molar-refractivity contribution in [1.29, 1.82) is 0 Å². The smallest absolute Gasteiger partial charge is 0.411 e. The number of nitrogens with one attached hydrogen (secondary N) is 1. The summed E-state index contributed by atoms with van der Waals surface area (Å²) in [6, 6.07) is 16.8. The normalized spacial score (nSPS) is 19.6. The summed E-state index contributed by atoms with van der Waals surface area (Å²) in [5, 5.41) is 10.5. The van der Waals surface area contributed by atoms with Gasteiger partial charge in [-0.25, -0.2) is 9.18 Å². The fourth-order valence-corrected chi connectivity index (χ4v) is 4.68. The van der Waals surface area contributed by atoms with E-state index in [0.717, 1.165) is 16.7 Å². The van der Waals surface area contributed by atoms with Crippen LogP contribution in [0.1, 0.15) is 50.8 Å². The molecule has 0 unspecified atom stereocenters. The predicted molar refractivity (Wildman–Crippen MR) is 128 cm³/mol. The van der Waals surface area contributed by atoms with Gasteiger partial charge >= 0.3 is 6.09 Å². The number of rotatable bonds is 6. The van der Waals surface area contributed by atoms with Gasteiger partial charge in [0.15, 0.2) is 0 Å². The summed E-state index contributed by atoms with van der Waals surface area (Å²) in [7, 11) is 0. The standard InChI is InChI=1S/C27H29FN2O4/c1-18(19-7-9-20(10-8-19)21-11-13-29-24(31)15-21)30-14-12-27(34-25(30)32,17-26(2,3)33)22-5-4-6-23(28)16-22/h4-11,13,15-16,18,33H,12,14,17H2,1-3H3,(H,29,31)/t18-,27-/m0/s1. The van der Waals surface area contributed by atoms with Gasteiger partial charge in [0.2, 0.25) is 5.56 Å². The van der Waals surface area contributed by atoms with Gasteiger partial charge in [0.05, 0.1) is 11.6 Å². The molecule has 1 aliphatic rings. The van der Waals surface area contributed by atoms with Crippen LogP contribution in [0, 0.1) is 5.82 Å². The number of hydrogen-bond donors (Lipinski definition) is 2. The topological polar surface area (TPSA) is 82.6 Å². The minimum atomic E-state index is -1.12. The molecule has 4 rings (SSSR count). The summed E-state index contributed by atoms with van der Waals surface area (Å²) in [5.74, 6) is -0.417. The van der Waals surface area contributed by atoms with E-state index in [1.807, 2.05) is 37.3 Å². The van der Waals surface area contributed by atoms with Crippen molar-refractivity contribution >= 4 is 6.09 Å². The van der Waals surface area contributed by atoms with E-state index in [1.54, 1.807) is 37.1 Å². The number of halogens is 1. The maximum Gasteiger partial charge on any atom is 0.411 e. The number of aliphatic hydroxyl groups is 1. The number of amides is 1. The average molecular weight is 465 g/mol. The fourth-order valence-electron chi connectivity index (χ4n) is 4.68. The molecule has 0 spiro atoms. The quantitative estimate of drug-likeness (QED) is 0.529. The second kappa shape index (κ2) is 9.06. The Hall–Kier alpha value is -3.45. The number of pyridine rings is 1. The number of aromatic amines is 1. The van der Waals surface area contributed by atoms with Crippen molar-refractivity contribution in [3.8, 4) is 11.1 Å². The van der Waals surface area contributed by atoms with Gasteiger partial charge in [0.25, 0.3) is 0 Å². The molecule has 6 nitrogen and oxygen atoms in total. The van der Waals surface area contributed by atoms with E-state index in [-0.39, 0.29) is 18.0 Å². The SMILES string of the molecule is C[C@@H](c1ccc(-c2cc[nH]c(=O)c2)cc1)N1CC[C@](CC(C)(C)O)(c2cccc(F)c2)OC1=O. The van der Waals surface area contributed by atoms with E-state index in [0.29, 0.717) is 18.5 Å². The van der Waals surface area contributed by atoms with Gasteiger partial charge in [0.1, 0.15) is 11.4 Å². The van der Waals surface area contributed by atoms with E-state index < -0.39 is 23.1 Å².